The van der Waals surface area contributed by atoms with Gasteiger partial charge in [-0.3, -0.25) is 4.79 Å². The molecule has 102 valence electrons. The molecule has 0 radical (unpaired) electrons. The number of unbranched alkanes of at least 4 members (excludes halogenated alkanes) is 7. The van der Waals surface area contributed by atoms with E-state index in [1.807, 2.05) is 0 Å². The minimum absolute atomic E-state index is 0.221. The van der Waals surface area contributed by atoms with Crippen molar-refractivity contribution in [3.8, 4) is 0 Å². The Hall–Kier alpha value is 1.05. The molecule has 0 aliphatic heterocycles. The summed E-state index contributed by atoms with van der Waals surface area (Å²) >= 11 is 22.6. The van der Waals surface area contributed by atoms with Crippen molar-refractivity contribution < 1.29 is 4.79 Å². The Morgan fingerprint density at radius 2 is 1.18 bits per heavy atom. The van der Waals surface area contributed by atoms with Gasteiger partial charge in [0.2, 0.25) is 5.24 Å². The molecule has 0 unspecified atom stereocenters. The number of hydrogen-bond donors (Lipinski definition) is 0. The fourth-order valence-electron chi connectivity index (χ4n) is 1.65. The van der Waals surface area contributed by atoms with Gasteiger partial charge in [0.1, 0.15) is 0 Å². The van der Waals surface area contributed by atoms with Gasteiger partial charge in [-0.05, 0) is 24.1 Å². The molecule has 0 saturated heterocycles. The van der Waals surface area contributed by atoms with E-state index in [4.69, 9.17) is 44.8 Å². The zero-order valence-electron chi connectivity index (χ0n) is 9.99. The lowest BCUT2D eigenvalue weighted by Gasteiger charge is -2.06. The number of halogens is 4. The Bertz CT molecular complexity index is 206. The molecular weight excluding hydrogens is 318 g/mol. The molecule has 0 atom stereocenters. The fourth-order valence-corrected chi connectivity index (χ4v) is 3.64. The van der Waals surface area contributed by atoms with Gasteiger partial charge in [-0.25, -0.2) is 0 Å². The van der Waals surface area contributed by atoms with Crippen molar-refractivity contribution in [2.45, 2.75) is 63.8 Å². The van der Waals surface area contributed by atoms with E-state index in [1.54, 1.807) is 0 Å². The van der Waals surface area contributed by atoms with Crippen LogP contribution in [0, 0.1) is 0 Å². The molecule has 0 spiro atoms. The van der Waals surface area contributed by atoms with Crippen molar-refractivity contribution >= 4 is 56.1 Å². The molecule has 0 aliphatic rings. The van der Waals surface area contributed by atoms with E-state index < -0.39 is 6.00 Å². The number of carbonyl (C=O) groups is 1. The highest BCUT2D eigenvalue weighted by atomic mass is 35.8. The van der Waals surface area contributed by atoms with Crippen LogP contribution in [0.25, 0.3) is 0 Å². The van der Waals surface area contributed by atoms with Crippen LogP contribution in [0.4, 0.5) is 0 Å². The normalized spacial score (nSPS) is 11.8. The van der Waals surface area contributed by atoms with Crippen molar-refractivity contribution in [3.05, 3.63) is 0 Å². The standard InChI is InChI=1S/C11H20Cl4OSi/c12-11(16)9-7-5-3-1-2-4-6-8-10-17(13,14)15/h1-10H2. The van der Waals surface area contributed by atoms with Crippen molar-refractivity contribution in [1.29, 1.82) is 0 Å². The van der Waals surface area contributed by atoms with E-state index in [0.717, 1.165) is 31.7 Å². The van der Waals surface area contributed by atoms with E-state index >= 15 is 0 Å². The molecule has 0 fully saturated rings. The van der Waals surface area contributed by atoms with Crippen LogP contribution in [0.1, 0.15) is 57.8 Å². The topological polar surface area (TPSA) is 17.1 Å². The van der Waals surface area contributed by atoms with Gasteiger partial charge in [0, 0.05) is 6.42 Å². The summed E-state index contributed by atoms with van der Waals surface area (Å²) in [5.41, 5.74) is 0. The average Bonchev–Trinajstić information content (AvgIpc) is 2.18. The average molecular weight is 338 g/mol. The first kappa shape index (κ1) is 18.0. The van der Waals surface area contributed by atoms with E-state index in [1.165, 1.54) is 25.7 Å². The predicted molar refractivity (Wildman–Crippen MR) is 80.5 cm³/mol. The van der Waals surface area contributed by atoms with Gasteiger partial charge >= 0.3 is 6.00 Å². The Labute approximate surface area is 124 Å². The van der Waals surface area contributed by atoms with Crippen molar-refractivity contribution in [2.24, 2.45) is 0 Å². The number of carbonyl (C=O) groups excluding carboxylic acids is 1. The summed E-state index contributed by atoms with van der Waals surface area (Å²) in [6, 6.07) is -1.61. The molecule has 0 aromatic rings. The first-order valence-corrected chi connectivity index (χ1v) is 11.8. The first-order valence-electron chi connectivity index (χ1n) is 6.17. The third-order valence-electron chi connectivity index (χ3n) is 2.58. The molecule has 0 aromatic heterocycles. The molecule has 0 heterocycles. The molecule has 0 rings (SSSR count). The zero-order valence-corrected chi connectivity index (χ0v) is 14.0. The molecule has 0 aromatic carbocycles. The van der Waals surface area contributed by atoms with Gasteiger partial charge in [-0.1, -0.05) is 44.9 Å². The van der Waals surface area contributed by atoms with Crippen molar-refractivity contribution in [1.82, 2.24) is 0 Å². The van der Waals surface area contributed by atoms with Gasteiger partial charge < -0.3 is 0 Å². The second-order valence-corrected chi connectivity index (χ2v) is 14.0. The summed E-state index contributed by atoms with van der Waals surface area (Å²) in [6.07, 6.45) is 9.56. The van der Waals surface area contributed by atoms with E-state index in [9.17, 15) is 4.79 Å². The summed E-state index contributed by atoms with van der Waals surface area (Å²) in [4.78, 5) is 10.5. The van der Waals surface area contributed by atoms with Crippen LogP contribution in [0.5, 0.6) is 0 Å². The van der Waals surface area contributed by atoms with E-state index in [0.29, 0.717) is 6.42 Å². The monoisotopic (exact) mass is 336 g/mol. The molecule has 6 heteroatoms. The first-order chi connectivity index (χ1) is 7.92. The lowest BCUT2D eigenvalue weighted by Crippen LogP contribution is -2.07. The largest absolute Gasteiger partial charge is 0.341 e. The molecule has 0 N–H and O–H groups in total. The van der Waals surface area contributed by atoms with Crippen LogP contribution < -0.4 is 0 Å². The molecule has 17 heavy (non-hydrogen) atoms. The SMILES string of the molecule is O=C(Cl)CCCCCCCCCC[Si](Cl)(Cl)Cl. The maximum Gasteiger partial charge on any atom is 0.341 e. The summed E-state index contributed by atoms with van der Waals surface area (Å²) in [6.45, 7) is 0. The summed E-state index contributed by atoms with van der Waals surface area (Å²) in [5, 5.41) is -0.221. The highest BCUT2D eigenvalue weighted by Gasteiger charge is 2.23. The summed E-state index contributed by atoms with van der Waals surface area (Å²) < 4.78 is 0. The minimum Gasteiger partial charge on any atom is -0.281 e. The van der Waals surface area contributed by atoms with Gasteiger partial charge in [0.25, 0.3) is 0 Å². The number of rotatable bonds is 11. The van der Waals surface area contributed by atoms with Crippen LogP contribution in [-0.4, -0.2) is 11.2 Å². The van der Waals surface area contributed by atoms with E-state index in [-0.39, 0.29) is 5.24 Å². The van der Waals surface area contributed by atoms with Gasteiger partial charge in [0.05, 0.1) is 0 Å². The smallest absolute Gasteiger partial charge is 0.281 e. The lowest BCUT2D eigenvalue weighted by atomic mass is 10.1. The van der Waals surface area contributed by atoms with Crippen LogP contribution >= 0.6 is 44.8 Å². The Morgan fingerprint density at radius 1 is 0.765 bits per heavy atom. The molecular formula is C11H20Cl4OSi. The summed E-state index contributed by atoms with van der Waals surface area (Å²) in [5.74, 6) is 0. The van der Waals surface area contributed by atoms with Crippen LogP contribution in [0.2, 0.25) is 6.04 Å². The van der Waals surface area contributed by atoms with Crippen LogP contribution in [-0.2, 0) is 4.79 Å². The Balaban J connectivity index is 3.06. The maximum atomic E-state index is 10.5. The molecule has 0 saturated carbocycles. The number of hydrogen-bond acceptors (Lipinski definition) is 1. The molecule has 0 bridgehead atoms. The van der Waals surface area contributed by atoms with Gasteiger partial charge in [0.15, 0.2) is 0 Å². The Morgan fingerprint density at radius 3 is 1.59 bits per heavy atom. The quantitative estimate of drug-likeness (QED) is 0.198. The predicted octanol–water partition coefficient (Wildman–Crippen LogP) is 5.92. The van der Waals surface area contributed by atoms with Crippen molar-refractivity contribution in [3.63, 3.8) is 0 Å². The highest BCUT2D eigenvalue weighted by molar-refractivity contribution is 7.64. The lowest BCUT2D eigenvalue weighted by molar-refractivity contribution is -0.111. The van der Waals surface area contributed by atoms with Crippen molar-refractivity contribution in [2.75, 3.05) is 0 Å². The molecule has 1 nitrogen and oxygen atoms in total. The Kier molecular flexibility index (Phi) is 11.6. The van der Waals surface area contributed by atoms with Crippen LogP contribution in [0.3, 0.4) is 0 Å². The van der Waals surface area contributed by atoms with Crippen LogP contribution in [0.15, 0.2) is 0 Å². The van der Waals surface area contributed by atoms with Gasteiger partial charge in [-0.2, -0.15) is 0 Å². The maximum absolute atomic E-state index is 10.5. The van der Waals surface area contributed by atoms with E-state index in [2.05, 4.69) is 0 Å². The fraction of sp³-hybridized carbons (Fsp3) is 0.909. The van der Waals surface area contributed by atoms with Gasteiger partial charge in [-0.15, -0.1) is 33.2 Å². The zero-order chi connectivity index (χ0) is 13.1. The summed E-state index contributed by atoms with van der Waals surface area (Å²) in [7, 11) is 0. The molecule has 0 aliphatic carbocycles. The second-order valence-electron chi connectivity index (χ2n) is 4.30. The minimum atomic E-state index is -2.38. The highest BCUT2D eigenvalue weighted by Crippen LogP contribution is 2.27. The third-order valence-corrected chi connectivity index (χ3v) is 5.39. The third kappa shape index (κ3) is 17.0. The second kappa shape index (κ2) is 10.9. The molecule has 0 amide bonds.